The highest BCUT2D eigenvalue weighted by atomic mass is 79.9. The van der Waals surface area contributed by atoms with E-state index in [-0.39, 0.29) is 0 Å². The fourth-order valence-electron chi connectivity index (χ4n) is 2.09. The molecule has 0 aromatic heterocycles. The van der Waals surface area contributed by atoms with E-state index in [1.165, 1.54) is 0 Å². The molecule has 2 nitrogen and oxygen atoms in total. The van der Waals surface area contributed by atoms with Crippen LogP contribution in [0.4, 0.5) is 22.7 Å². The van der Waals surface area contributed by atoms with Crippen LogP contribution < -0.4 is 10.6 Å². The van der Waals surface area contributed by atoms with Crippen LogP contribution in [0, 0.1) is 0 Å². The molecule has 0 aliphatic rings. The largest absolute Gasteiger partial charge is 0.355 e. The summed E-state index contributed by atoms with van der Waals surface area (Å²) in [6.45, 7) is 0. The second-order valence-corrected chi connectivity index (χ2v) is 6.50. The summed E-state index contributed by atoms with van der Waals surface area (Å²) in [7, 11) is 0. The van der Waals surface area contributed by atoms with E-state index in [9.17, 15) is 0 Å². The Kier molecular flexibility index (Phi) is 4.93. The number of anilines is 4. The molecule has 3 rings (SSSR count). The number of hydrogen-bond donors (Lipinski definition) is 2. The third-order valence-corrected chi connectivity index (χ3v) is 4.47. The van der Waals surface area contributed by atoms with Gasteiger partial charge in [-0.25, -0.2) is 0 Å². The highest BCUT2D eigenvalue weighted by Gasteiger charge is 2.14. The van der Waals surface area contributed by atoms with Crippen LogP contribution in [0.15, 0.2) is 81.7 Å². The smallest absolute Gasteiger partial charge is 0.200 e. The van der Waals surface area contributed by atoms with Crippen molar-refractivity contribution in [3.8, 4) is 0 Å². The van der Waals surface area contributed by atoms with E-state index in [4.69, 9.17) is 0 Å². The molecule has 0 fully saturated rings. The Morgan fingerprint density at radius 3 is 2.05 bits per heavy atom. The SMILES string of the molecule is Brc1cc([NH+]c2ccccc2)c(Br)cc1Nc1ccccc1. The monoisotopic (exact) mass is 416 g/mol. The molecule has 4 heteroatoms. The fourth-order valence-corrected chi connectivity index (χ4v) is 2.98. The fraction of sp³-hybridized carbons (Fsp3) is 0. The summed E-state index contributed by atoms with van der Waals surface area (Å²) < 4.78 is 2.00. The molecular formula is C18H14Br2N2+. The second-order valence-electron chi connectivity index (χ2n) is 4.79. The Labute approximate surface area is 146 Å². The summed E-state index contributed by atoms with van der Waals surface area (Å²) in [5, 5.41) is 6.80. The van der Waals surface area contributed by atoms with E-state index >= 15 is 0 Å². The third kappa shape index (κ3) is 3.77. The van der Waals surface area contributed by atoms with Gasteiger partial charge in [-0.3, -0.25) is 0 Å². The van der Waals surface area contributed by atoms with Crippen LogP contribution in [0.5, 0.6) is 0 Å². The second kappa shape index (κ2) is 7.09. The van der Waals surface area contributed by atoms with Crippen LogP contribution in [0.25, 0.3) is 0 Å². The molecule has 2 N–H and O–H groups in total. The van der Waals surface area contributed by atoms with Crippen molar-refractivity contribution in [2.45, 2.75) is 0 Å². The Bertz CT molecular complexity index is 692. The van der Waals surface area contributed by atoms with E-state index in [1.54, 1.807) is 0 Å². The van der Waals surface area contributed by atoms with Gasteiger partial charge < -0.3 is 5.32 Å². The van der Waals surface area contributed by atoms with Crippen molar-refractivity contribution in [2.24, 2.45) is 0 Å². The quantitative estimate of drug-likeness (QED) is 0.594. The molecular weight excluding hydrogens is 404 g/mol. The minimum absolute atomic E-state index is 0.998. The molecule has 0 amide bonds. The van der Waals surface area contributed by atoms with Gasteiger partial charge in [-0.2, -0.15) is 0 Å². The molecule has 109 valence electrons. The van der Waals surface area contributed by atoms with Crippen molar-refractivity contribution in [3.63, 3.8) is 0 Å². The molecule has 0 spiro atoms. The zero-order valence-electron chi connectivity index (χ0n) is 11.7. The zero-order chi connectivity index (χ0) is 15.4. The molecule has 3 aromatic rings. The van der Waals surface area contributed by atoms with Crippen LogP contribution in [-0.2, 0) is 0 Å². The van der Waals surface area contributed by atoms with E-state index < -0.39 is 0 Å². The van der Waals surface area contributed by atoms with Gasteiger partial charge in [0.25, 0.3) is 0 Å². The van der Waals surface area contributed by atoms with Gasteiger partial charge >= 0.3 is 0 Å². The van der Waals surface area contributed by atoms with Gasteiger partial charge in [-0.15, -0.1) is 5.32 Å². The minimum Gasteiger partial charge on any atom is -0.355 e. The lowest BCUT2D eigenvalue weighted by Gasteiger charge is -2.10. The molecule has 1 radical (unpaired) electrons. The first kappa shape index (κ1) is 15.3. The van der Waals surface area contributed by atoms with E-state index in [0.29, 0.717) is 0 Å². The number of hydrogen-bond acceptors (Lipinski definition) is 2. The summed E-state index contributed by atoms with van der Waals surface area (Å²) in [4.78, 5) is 0. The topological polar surface area (TPSA) is 27.6 Å². The van der Waals surface area contributed by atoms with Crippen LogP contribution in [-0.4, -0.2) is 0 Å². The van der Waals surface area contributed by atoms with Gasteiger partial charge in [0.05, 0.1) is 10.2 Å². The number of benzene rings is 3. The predicted octanol–water partition coefficient (Wildman–Crippen LogP) is 5.27. The van der Waals surface area contributed by atoms with Crippen LogP contribution in [0.3, 0.4) is 0 Å². The number of para-hydroxylation sites is 2. The van der Waals surface area contributed by atoms with Crippen LogP contribution in [0.2, 0.25) is 0 Å². The van der Waals surface area contributed by atoms with Crippen molar-refractivity contribution in [3.05, 3.63) is 81.7 Å². The molecule has 22 heavy (non-hydrogen) atoms. The minimum atomic E-state index is 0.998. The van der Waals surface area contributed by atoms with Crippen LogP contribution in [0.1, 0.15) is 0 Å². The molecule has 0 saturated carbocycles. The van der Waals surface area contributed by atoms with Gasteiger partial charge in [0.2, 0.25) is 0 Å². The molecule has 0 unspecified atom stereocenters. The standard InChI is InChI=1S/C18H14Br2N2/c19-15-12-18(22-14-9-5-2-6-10-14)16(20)11-17(15)21-13-7-3-1-4-8-13/h1-12,21-22H/q+1. The van der Waals surface area contributed by atoms with E-state index in [2.05, 4.69) is 54.6 Å². The Balaban J connectivity index is 1.85. The summed E-state index contributed by atoms with van der Waals surface area (Å²) >= 11 is 7.26. The lowest BCUT2D eigenvalue weighted by atomic mass is 10.2. The normalized spacial score (nSPS) is 10.5. The molecule has 0 aliphatic carbocycles. The lowest BCUT2D eigenvalue weighted by molar-refractivity contribution is -0.479. The molecule has 0 aliphatic heterocycles. The lowest BCUT2D eigenvalue weighted by Crippen LogP contribution is -2.71. The Morgan fingerprint density at radius 1 is 0.727 bits per heavy atom. The van der Waals surface area contributed by atoms with Crippen molar-refractivity contribution in [2.75, 3.05) is 5.32 Å². The predicted molar refractivity (Wildman–Crippen MR) is 98.3 cm³/mol. The van der Waals surface area contributed by atoms with E-state index in [0.717, 1.165) is 31.7 Å². The Hall–Kier alpha value is -1.62. The highest BCUT2D eigenvalue weighted by molar-refractivity contribution is 9.11. The molecule has 0 atom stereocenters. The average Bonchev–Trinajstić information content (AvgIpc) is 2.54. The van der Waals surface area contributed by atoms with Gasteiger partial charge in [-0.05, 0) is 50.1 Å². The summed E-state index contributed by atoms with van der Waals surface area (Å²) in [6, 6.07) is 24.3. The maximum absolute atomic E-state index is 3.63. The summed E-state index contributed by atoms with van der Waals surface area (Å²) in [6.07, 6.45) is 0. The summed E-state index contributed by atoms with van der Waals surface area (Å²) in [5.74, 6) is 0. The van der Waals surface area contributed by atoms with Gasteiger partial charge in [0, 0.05) is 28.4 Å². The van der Waals surface area contributed by atoms with Crippen LogP contribution >= 0.6 is 31.9 Å². The highest BCUT2D eigenvalue weighted by Crippen LogP contribution is 2.33. The first-order valence-corrected chi connectivity index (χ1v) is 8.44. The maximum Gasteiger partial charge on any atom is 0.200 e. The van der Waals surface area contributed by atoms with Gasteiger partial charge in [0.1, 0.15) is 0 Å². The number of halogens is 2. The molecule has 0 bridgehead atoms. The first-order valence-electron chi connectivity index (χ1n) is 6.85. The zero-order valence-corrected chi connectivity index (χ0v) is 14.9. The average molecular weight is 418 g/mol. The van der Waals surface area contributed by atoms with Crippen molar-refractivity contribution in [1.82, 2.24) is 0 Å². The number of rotatable bonds is 4. The molecule has 0 saturated heterocycles. The van der Waals surface area contributed by atoms with Crippen molar-refractivity contribution >= 4 is 54.6 Å². The van der Waals surface area contributed by atoms with Crippen molar-refractivity contribution < 1.29 is 5.32 Å². The van der Waals surface area contributed by atoms with E-state index in [1.807, 2.05) is 60.7 Å². The first-order chi connectivity index (χ1) is 10.7. The maximum atomic E-state index is 3.63. The van der Waals surface area contributed by atoms with Crippen molar-refractivity contribution in [1.29, 1.82) is 0 Å². The van der Waals surface area contributed by atoms with Gasteiger partial charge in [-0.1, -0.05) is 36.4 Å². The molecule has 3 aromatic carbocycles. The summed E-state index contributed by atoms with van der Waals surface area (Å²) in [5.41, 5.74) is 4.13. The third-order valence-electron chi connectivity index (χ3n) is 3.16. The Morgan fingerprint density at radius 2 is 1.36 bits per heavy atom. The number of nitrogens with one attached hydrogen (secondary N) is 2. The van der Waals surface area contributed by atoms with Gasteiger partial charge in [0.15, 0.2) is 11.4 Å². The molecule has 0 heterocycles.